The van der Waals surface area contributed by atoms with E-state index >= 15 is 0 Å². The van der Waals surface area contributed by atoms with E-state index in [1.54, 1.807) is 0 Å². The van der Waals surface area contributed by atoms with Gasteiger partial charge in [-0.2, -0.15) is 0 Å². The summed E-state index contributed by atoms with van der Waals surface area (Å²) in [4.78, 5) is 4.43. The van der Waals surface area contributed by atoms with Gasteiger partial charge in [-0.25, -0.2) is 4.98 Å². The summed E-state index contributed by atoms with van der Waals surface area (Å²) in [5.74, 6) is 1.14. The Balaban J connectivity index is 1.74. The van der Waals surface area contributed by atoms with Crippen LogP contribution in [0.5, 0.6) is 0 Å². The standard InChI is InChI=1S/C17H25N3/c1-3-12-20-13-11-18-17(20)14-19-15(2)9-10-16-7-5-4-6-8-16/h4-8,11,13,15,19H,3,9-10,12,14H2,1-2H3. The summed E-state index contributed by atoms with van der Waals surface area (Å²) in [6, 6.07) is 11.2. The van der Waals surface area contributed by atoms with Crippen LogP contribution in [0, 0.1) is 0 Å². The van der Waals surface area contributed by atoms with E-state index < -0.39 is 0 Å². The molecule has 20 heavy (non-hydrogen) atoms. The molecule has 0 aliphatic rings. The molecule has 0 spiro atoms. The molecule has 2 aromatic rings. The van der Waals surface area contributed by atoms with Crippen molar-refractivity contribution < 1.29 is 0 Å². The molecule has 2 rings (SSSR count). The SMILES string of the molecule is CCCn1ccnc1CNC(C)CCc1ccccc1. The second-order valence-corrected chi connectivity index (χ2v) is 5.34. The predicted molar refractivity (Wildman–Crippen MR) is 83.6 cm³/mol. The average molecular weight is 271 g/mol. The van der Waals surface area contributed by atoms with Crippen LogP contribution in [0.4, 0.5) is 0 Å². The van der Waals surface area contributed by atoms with E-state index in [0.717, 1.165) is 38.2 Å². The number of benzene rings is 1. The molecule has 1 atom stereocenters. The third-order valence-corrected chi connectivity index (χ3v) is 3.58. The van der Waals surface area contributed by atoms with Gasteiger partial charge in [-0.3, -0.25) is 0 Å². The Morgan fingerprint density at radius 3 is 2.80 bits per heavy atom. The third kappa shape index (κ3) is 4.49. The van der Waals surface area contributed by atoms with Crippen molar-refractivity contribution in [2.45, 2.75) is 52.2 Å². The molecule has 0 aliphatic heterocycles. The van der Waals surface area contributed by atoms with Crippen molar-refractivity contribution in [2.24, 2.45) is 0 Å². The molecule has 0 bridgehead atoms. The van der Waals surface area contributed by atoms with Gasteiger partial charge in [-0.1, -0.05) is 37.3 Å². The van der Waals surface area contributed by atoms with Crippen molar-refractivity contribution in [3.8, 4) is 0 Å². The summed E-state index contributed by atoms with van der Waals surface area (Å²) in [7, 11) is 0. The predicted octanol–water partition coefficient (Wildman–Crippen LogP) is 3.40. The number of nitrogens with zero attached hydrogens (tertiary/aromatic N) is 2. The minimum absolute atomic E-state index is 0.502. The Labute approximate surface area is 122 Å². The van der Waals surface area contributed by atoms with Crippen molar-refractivity contribution in [1.82, 2.24) is 14.9 Å². The van der Waals surface area contributed by atoms with Gasteiger partial charge in [-0.15, -0.1) is 0 Å². The average Bonchev–Trinajstić information content (AvgIpc) is 2.92. The highest BCUT2D eigenvalue weighted by atomic mass is 15.1. The molecule has 3 nitrogen and oxygen atoms in total. The molecule has 3 heteroatoms. The second-order valence-electron chi connectivity index (χ2n) is 5.34. The van der Waals surface area contributed by atoms with Crippen LogP contribution in [0.15, 0.2) is 42.7 Å². The highest BCUT2D eigenvalue weighted by molar-refractivity contribution is 5.14. The van der Waals surface area contributed by atoms with Crippen LogP contribution in [0.3, 0.4) is 0 Å². The van der Waals surface area contributed by atoms with Crippen molar-refractivity contribution in [3.63, 3.8) is 0 Å². The molecule has 108 valence electrons. The Kier molecular flexibility index (Phi) is 5.81. The van der Waals surface area contributed by atoms with E-state index in [2.05, 4.69) is 65.2 Å². The molecular formula is C17H25N3. The first-order valence-corrected chi connectivity index (χ1v) is 7.57. The van der Waals surface area contributed by atoms with Gasteiger partial charge in [0.2, 0.25) is 0 Å². The van der Waals surface area contributed by atoms with E-state index in [0.29, 0.717) is 6.04 Å². The van der Waals surface area contributed by atoms with E-state index in [9.17, 15) is 0 Å². The lowest BCUT2D eigenvalue weighted by molar-refractivity contribution is 0.491. The van der Waals surface area contributed by atoms with Crippen molar-refractivity contribution in [3.05, 3.63) is 54.1 Å². The number of aromatic nitrogens is 2. The lowest BCUT2D eigenvalue weighted by atomic mass is 10.1. The molecule has 0 fully saturated rings. The minimum Gasteiger partial charge on any atom is -0.334 e. The molecule has 1 N–H and O–H groups in total. The Hall–Kier alpha value is -1.61. The first-order valence-electron chi connectivity index (χ1n) is 7.57. The molecule has 0 saturated carbocycles. The summed E-state index contributed by atoms with van der Waals surface area (Å²) in [5.41, 5.74) is 1.41. The molecule has 1 unspecified atom stereocenters. The van der Waals surface area contributed by atoms with Gasteiger partial charge in [0, 0.05) is 25.0 Å². The topological polar surface area (TPSA) is 29.9 Å². The van der Waals surface area contributed by atoms with Crippen LogP contribution in [0.1, 0.15) is 38.1 Å². The molecule has 1 aromatic carbocycles. The summed E-state index contributed by atoms with van der Waals surface area (Å²) in [6.45, 7) is 6.34. The fourth-order valence-electron chi connectivity index (χ4n) is 2.35. The summed E-state index contributed by atoms with van der Waals surface area (Å²) in [6.07, 6.45) is 7.38. The van der Waals surface area contributed by atoms with Gasteiger partial charge in [0.25, 0.3) is 0 Å². The minimum atomic E-state index is 0.502. The zero-order valence-corrected chi connectivity index (χ0v) is 12.5. The molecule has 0 aliphatic carbocycles. The Bertz CT molecular complexity index is 490. The third-order valence-electron chi connectivity index (χ3n) is 3.58. The van der Waals surface area contributed by atoms with Crippen molar-refractivity contribution >= 4 is 0 Å². The Morgan fingerprint density at radius 1 is 1.25 bits per heavy atom. The highest BCUT2D eigenvalue weighted by Gasteiger charge is 2.05. The van der Waals surface area contributed by atoms with E-state index in [1.807, 2.05) is 6.20 Å². The molecular weight excluding hydrogens is 246 g/mol. The fourth-order valence-corrected chi connectivity index (χ4v) is 2.35. The quantitative estimate of drug-likeness (QED) is 0.797. The maximum Gasteiger partial charge on any atom is 0.122 e. The molecule has 1 aromatic heterocycles. The number of imidazole rings is 1. The highest BCUT2D eigenvalue weighted by Crippen LogP contribution is 2.06. The summed E-state index contributed by atoms with van der Waals surface area (Å²) in [5, 5.41) is 3.57. The monoisotopic (exact) mass is 271 g/mol. The van der Waals surface area contributed by atoms with Crippen LogP contribution in [0.25, 0.3) is 0 Å². The first kappa shape index (κ1) is 14.8. The van der Waals surface area contributed by atoms with Gasteiger partial charge >= 0.3 is 0 Å². The van der Waals surface area contributed by atoms with E-state index in [1.165, 1.54) is 5.56 Å². The van der Waals surface area contributed by atoms with E-state index in [4.69, 9.17) is 0 Å². The number of nitrogens with one attached hydrogen (secondary N) is 1. The van der Waals surface area contributed by atoms with Crippen LogP contribution in [0.2, 0.25) is 0 Å². The number of hydrogen-bond donors (Lipinski definition) is 1. The molecule has 0 radical (unpaired) electrons. The fraction of sp³-hybridized carbons (Fsp3) is 0.471. The Morgan fingerprint density at radius 2 is 2.05 bits per heavy atom. The molecule has 0 amide bonds. The smallest absolute Gasteiger partial charge is 0.122 e. The maximum absolute atomic E-state index is 4.43. The van der Waals surface area contributed by atoms with Gasteiger partial charge in [0.05, 0.1) is 6.54 Å². The maximum atomic E-state index is 4.43. The van der Waals surface area contributed by atoms with Crippen LogP contribution < -0.4 is 5.32 Å². The van der Waals surface area contributed by atoms with Gasteiger partial charge in [0.1, 0.15) is 5.82 Å². The summed E-state index contributed by atoms with van der Waals surface area (Å²) >= 11 is 0. The molecule has 1 heterocycles. The van der Waals surface area contributed by atoms with Crippen LogP contribution in [-0.4, -0.2) is 15.6 Å². The van der Waals surface area contributed by atoms with Gasteiger partial charge in [-0.05, 0) is 31.7 Å². The molecule has 0 saturated heterocycles. The summed E-state index contributed by atoms with van der Waals surface area (Å²) < 4.78 is 2.23. The number of rotatable bonds is 8. The van der Waals surface area contributed by atoms with Crippen molar-refractivity contribution in [2.75, 3.05) is 0 Å². The zero-order valence-electron chi connectivity index (χ0n) is 12.5. The first-order chi connectivity index (χ1) is 9.79. The lowest BCUT2D eigenvalue weighted by Gasteiger charge is -2.14. The largest absolute Gasteiger partial charge is 0.334 e. The second kappa shape index (κ2) is 7.85. The normalized spacial score (nSPS) is 12.5. The lowest BCUT2D eigenvalue weighted by Crippen LogP contribution is -2.27. The van der Waals surface area contributed by atoms with Crippen LogP contribution in [-0.2, 0) is 19.5 Å². The number of hydrogen-bond acceptors (Lipinski definition) is 2. The van der Waals surface area contributed by atoms with E-state index in [-0.39, 0.29) is 0 Å². The van der Waals surface area contributed by atoms with Crippen LogP contribution >= 0.6 is 0 Å². The van der Waals surface area contributed by atoms with Crippen molar-refractivity contribution in [1.29, 1.82) is 0 Å². The van der Waals surface area contributed by atoms with Gasteiger partial charge < -0.3 is 9.88 Å². The van der Waals surface area contributed by atoms with Gasteiger partial charge in [0.15, 0.2) is 0 Å². The zero-order chi connectivity index (χ0) is 14.2. The number of aryl methyl sites for hydroxylation is 2.